The van der Waals surface area contributed by atoms with Crippen LogP contribution in [0, 0.1) is 0 Å². The number of rotatable bonds is 3. The molecule has 0 radical (unpaired) electrons. The second-order valence-electron chi connectivity index (χ2n) is 3.68. The minimum absolute atomic E-state index is 0.591. The Kier molecular flexibility index (Phi) is 3.35. The van der Waals surface area contributed by atoms with Crippen LogP contribution in [0.4, 0.5) is 5.69 Å². The molecule has 0 bridgehead atoms. The van der Waals surface area contributed by atoms with Crippen LogP contribution in [0.2, 0.25) is 0 Å². The fourth-order valence-corrected chi connectivity index (χ4v) is 1.54. The van der Waals surface area contributed by atoms with Crippen molar-refractivity contribution in [3.8, 4) is 0 Å². The minimum atomic E-state index is 0.591. The van der Waals surface area contributed by atoms with E-state index in [1.54, 1.807) is 0 Å². The highest BCUT2D eigenvalue weighted by Gasteiger charge is 2.05. The lowest BCUT2D eigenvalue weighted by Crippen LogP contribution is -1.98. The summed E-state index contributed by atoms with van der Waals surface area (Å²) in [5.41, 5.74) is 4.07. The van der Waals surface area contributed by atoms with Gasteiger partial charge in [-0.15, -0.1) is 0 Å². The van der Waals surface area contributed by atoms with Crippen molar-refractivity contribution < 1.29 is 0 Å². The molecule has 0 aliphatic rings. The van der Waals surface area contributed by atoms with Gasteiger partial charge in [0.2, 0.25) is 0 Å². The topological polar surface area (TPSA) is 12.0 Å². The molecular weight excluding hydrogens is 158 g/mol. The van der Waals surface area contributed by atoms with Gasteiger partial charge in [0.1, 0.15) is 0 Å². The number of hydrogen-bond acceptors (Lipinski definition) is 1. The lowest BCUT2D eigenvalue weighted by atomic mass is 9.98. The summed E-state index contributed by atoms with van der Waals surface area (Å²) in [4.78, 5) is 0. The molecule has 1 N–H and O–H groups in total. The quantitative estimate of drug-likeness (QED) is 0.746. The van der Waals surface area contributed by atoms with E-state index < -0.39 is 0 Å². The summed E-state index contributed by atoms with van der Waals surface area (Å²) in [6, 6.07) is 6.70. The molecule has 72 valence electrons. The SMILES string of the molecule is CCc1ccc(C(C)C)c(NC)c1. The zero-order valence-corrected chi connectivity index (χ0v) is 9.02. The van der Waals surface area contributed by atoms with Crippen LogP contribution >= 0.6 is 0 Å². The van der Waals surface area contributed by atoms with Gasteiger partial charge in [-0.2, -0.15) is 0 Å². The van der Waals surface area contributed by atoms with Crippen LogP contribution < -0.4 is 5.32 Å². The summed E-state index contributed by atoms with van der Waals surface area (Å²) < 4.78 is 0. The van der Waals surface area contributed by atoms with Crippen molar-refractivity contribution in [3.63, 3.8) is 0 Å². The van der Waals surface area contributed by atoms with Gasteiger partial charge in [0.25, 0.3) is 0 Å². The van der Waals surface area contributed by atoms with E-state index in [2.05, 4.69) is 44.3 Å². The molecule has 0 aliphatic carbocycles. The average molecular weight is 177 g/mol. The molecule has 13 heavy (non-hydrogen) atoms. The Morgan fingerprint density at radius 2 is 2.00 bits per heavy atom. The van der Waals surface area contributed by atoms with E-state index in [0.717, 1.165) is 6.42 Å². The van der Waals surface area contributed by atoms with Gasteiger partial charge in [0.05, 0.1) is 0 Å². The fraction of sp³-hybridized carbons (Fsp3) is 0.500. The molecular formula is C12H19N. The van der Waals surface area contributed by atoms with E-state index in [-0.39, 0.29) is 0 Å². The molecule has 1 rings (SSSR count). The molecule has 0 amide bonds. The van der Waals surface area contributed by atoms with Crippen molar-refractivity contribution in [2.24, 2.45) is 0 Å². The first-order valence-corrected chi connectivity index (χ1v) is 4.99. The first-order chi connectivity index (χ1) is 6.19. The maximum atomic E-state index is 3.25. The van der Waals surface area contributed by atoms with Gasteiger partial charge >= 0.3 is 0 Å². The molecule has 0 unspecified atom stereocenters. The lowest BCUT2D eigenvalue weighted by molar-refractivity contribution is 0.866. The predicted octanol–water partition coefficient (Wildman–Crippen LogP) is 3.41. The predicted molar refractivity (Wildman–Crippen MR) is 59.5 cm³/mol. The van der Waals surface area contributed by atoms with Crippen molar-refractivity contribution in [1.82, 2.24) is 0 Å². The maximum absolute atomic E-state index is 3.25. The highest BCUT2D eigenvalue weighted by molar-refractivity contribution is 5.54. The third kappa shape index (κ3) is 2.24. The zero-order valence-electron chi connectivity index (χ0n) is 9.02. The highest BCUT2D eigenvalue weighted by Crippen LogP contribution is 2.25. The monoisotopic (exact) mass is 177 g/mol. The second-order valence-corrected chi connectivity index (χ2v) is 3.68. The molecule has 1 aromatic rings. The summed E-state index contributed by atoms with van der Waals surface area (Å²) >= 11 is 0. The van der Waals surface area contributed by atoms with Gasteiger partial charge in [-0.1, -0.05) is 32.9 Å². The van der Waals surface area contributed by atoms with Crippen molar-refractivity contribution in [3.05, 3.63) is 29.3 Å². The Morgan fingerprint density at radius 3 is 2.46 bits per heavy atom. The Balaban J connectivity index is 3.08. The number of hydrogen-bond donors (Lipinski definition) is 1. The van der Waals surface area contributed by atoms with Crippen LogP contribution in [0.25, 0.3) is 0 Å². The zero-order chi connectivity index (χ0) is 9.84. The minimum Gasteiger partial charge on any atom is -0.388 e. The lowest BCUT2D eigenvalue weighted by Gasteiger charge is -2.13. The van der Waals surface area contributed by atoms with Crippen LogP contribution in [0.15, 0.2) is 18.2 Å². The van der Waals surface area contributed by atoms with E-state index in [0.29, 0.717) is 5.92 Å². The van der Waals surface area contributed by atoms with Crippen LogP contribution in [-0.2, 0) is 6.42 Å². The van der Waals surface area contributed by atoms with Crippen molar-refractivity contribution in [1.29, 1.82) is 0 Å². The molecule has 0 atom stereocenters. The molecule has 0 saturated carbocycles. The summed E-state index contributed by atoms with van der Waals surface area (Å²) in [5, 5.41) is 3.25. The van der Waals surface area contributed by atoms with Crippen molar-refractivity contribution in [2.45, 2.75) is 33.1 Å². The van der Waals surface area contributed by atoms with Crippen LogP contribution in [-0.4, -0.2) is 7.05 Å². The summed E-state index contributed by atoms with van der Waals surface area (Å²) in [7, 11) is 1.99. The largest absolute Gasteiger partial charge is 0.388 e. The molecule has 1 nitrogen and oxygen atoms in total. The summed E-state index contributed by atoms with van der Waals surface area (Å²) in [6.45, 7) is 6.63. The van der Waals surface area contributed by atoms with Crippen LogP contribution in [0.1, 0.15) is 37.8 Å². The normalized spacial score (nSPS) is 10.5. The fourth-order valence-electron chi connectivity index (χ4n) is 1.54. The Hall–Kier alpha value is -0.980. The van der Waals surface area contributed by atoms with E-state index in [1.165, 1.54) is 16.8 Å². The molecule has 1 heteroatoms. The van der Waals surface area contributed by atoms with Gasteiger partial charge in [-0.3, -0.25) is 0 Å². The molecule has 0 heterocycles. The van der Waals surface area contributed by atoms with Gasteiger partial charge < -0.3 is 5.32 Å². The average Bonchev–Trinajstić information content (AvgIpc) is 2.16. The van der Waals surface area contributed by atoms with E-state index in [4.69, 9.17) is 0 Å². The first kappa shape index (κ1) is 10.1. The second kappa shape index (κ2) is 4.31. The number of benzene rings is 1. The first-order valence-electron chi connectivity index (χ1n) is 4.99. The van der Waals surface area contributed by atoms with Gasteiger partial charge in [0, 0.05) is 12.7 Å². The molecule has 1 aromatic carbocycles. The smallest absolute Gasteiger partial charge is 0.0375 e. The molecule has 0 aromatic heterocycles. The third-order valence-electron chi connectivity index (χ3n) is 2.42. The van der Waals surface area contributed by atoms with Gasteiger partial charge in [-0.05, 0) is 29.5 Å². The van der Waals surface area contributed by atoms with Crippen molar-refractivity contribution in [2.75, 3.05) is 12.4 Å². The van der Waals surface area contributed by atoms with E-state index in [1.807, 2.05) is 7.05 Å². The number of nitrogens with one attached hydrogen (secondary N) is 1. The van der Waals surface area contributed by atoms with Crippen LogP contribution in [0.5, 0.6) is 0 Å². The Morgan fingerprint density at radius 1 is 1.31 bits per heavy atom. The number of anilines is 1. The van der Waals surface area contributed by atoms with Gasteiger partial charge in [0.15, 0.2) is 0 Å². The van der Waals surface area contributed by atoms with Gasteiger partial charge in [-0.25, -0.2) is 0 Å². The summed E-state index contributed by atoms with van der Waals surface area (Å²) in [5.74, 6) is 0.591. The summed E-state index contributed by atoms with van der Waals surface area (Å²) in [6.07, 6.45) is 1.10. The molecule has 0 saturated heterocycles. The third-order valence-corrected chi connectivity index (χ3v) is 2.42. The Labute approximate surface area is 81.2 Å². The maximum Gasteiger partial charge on any atom is 0.0375 e. The van der Waals surface area contributed by atoms with Crippen LogP contribution in [0.3, 0.4) is 0 Å². The van der Waals surface area contributed by atoms with E-state index in [9.17, 15) is 0 Å². The van der Waals surface area contributed by atoms with E-state index >= 15 is 0 Å². The standard InChI is InChI=1S/C12H19N/c1-5-10-6-7-11(9(2)3)12(8-10)13-4/h6-9,13H,5H2,1-4H3. The van der Waals surface area contributed by atoms with Crippen molar-refractivity contribution >= 4 is 5.69 Å². The molecule has 0 fully saturated rings. The number of aryl methyl sites for hydroxylation is 1. The molecule has 0 aliphatic heterocycles. The molecule has 0 spiro atoms. The Bertz CT molecular complexity index is 276. The highest BCUT2D eigenvalue weighted by atomic mass is 14.8.